The minimum atomic E-state index is -0.799. The second-order valence-corrected chi connectivity index (χ2v) is 16.1. The lowest BCUT2D eigenvalue weighted by Gasteiger charge is -2.56. The fraction of sp³-hybridized carbons (Fsp3) is 0.439. The van der Waals surface area contributed by atoms with Gasteiger partial charge in [0.25, 0.3) is 5.69 Å². The number of aryl methyl sites for hydroxylation is 1. The fourth-order valence-electron chi connectivity index (χ4n) is 8.28. The Balaban J connectivity index is 1.55. The number of carbonyl (C=O) groups excluding carboxylic acids is 1. The number of H-pyrrole nitrogens is 1. The van der Waals surface area contributed by atoms with E-state index in [9.17, 15) is 4.79 Å². The van der Waals surface area contributed by atoms with Crippen molar-refractivity contribution in [3.05, 3.63) is 83.2 Å². The molecule has 8 heteroatoms. The van der Waals surface area contributed by atoms with E-state index in [2.05, 4.69) is 65.3 Å². The van der Waals surface area contributed by atoms with Crippen LogP contribution in [0.25, 0.3) is 32.7 Å². The van der Waals surface area contributed by atoms with Crippen LogP contribution in [0, 0.1) is 42.1 Å². The molecule has 0 saturated heterocycles. The number of esters is 1. The summed E-state index contributed by atoms with van der Waals surface area (Å²) in [4.78, 5) is 23.6. The van der Waals surface area contributed by atoms with E-state index < -0.39 is 11.6 Å². The lowest BCUT2D eigenvalue weighted by molar-refractivity contribution is -0.160. The van der Waals surface area contributed by atoms with Gasteiger partial charge in [-0.15, -0.1) is 0 Å². The Hall–Kier alpha value is -4.77. The third-order valence-electron chi connectivity index (χ3n) is 10.5. The SMILES string of the molecule is [C-]#[N+]c1c(C(=O)OC2(C)C(C(C)(C)C)CC(C)CC2C(C)(C)C)c2nc(-c3ccc4ccccc4c3OC)[nH]n2c1Oc1ccc(C)cc1. The summed E-state index contributed by atoms with van der Waals surface area (Å²) in [5.74, 6) is 1.90. The molecule has 0 radical (unpaired) electrons. The van der Waals surface area contributed by atoms with E-state index in [4.69, 9.17) is 25.8 Å². The Kier molecular flexibility index (Phi) is 8.55. The maximum Gasteiger partial charge on any atom is 0.332 e. The lowest BCUT2D eigenvalue weighted by Crippen LogP contribution is -2.58. The summed E-state index contributed by atoms with van der Waals surface area (Å²) in [6.45, 7) is 28.1. The molecule has 1 N–H and O–H groups in total. The van der Waals surface area contributed by atoms with Crippen LogP contribution in [0.4, 0.5) is 5.69 Å². The molecule has 1 fully saturated rings. The van der Waals surface area contributed by atoms with Crippen molar-refractivity contribution in [2.75, 3.05) is 7.11 Å². The van der Waals surface area contributed by atoms with Crippen LogP contribution in [0.2, 0.25) is 0 Å². The summed E-state index contributed by atoms with van der Waals surface area (Å²) < 4.78 is 20.7. The summed E-state index contributed by atoms with van der Waals surface area (Å²) in [5.41, 5.74) is 1.13. The van der Waals surface area contributed by atoms with Crippen molar-refractivity contribution in [1.82, 2.24) is 14.6 Å². The molecular formula is C41H48N4O4. The summed E-state index contributed by atoms with van der Waals surface area (Å²) in [7, 11) is 1.63. The van der Waals surface area contributed by atoms with Gasteiger partial charge in [0.05, 0.1) is 19.2 Å². The van der Waals surface area contributed by atoms with Gasteiger partial charge in [0.2, 0.25) is 5.88 Å². The highest BCUT2D eigenvalue weighted by atomic mass is 16.6. The largest absolute Gasteiger partial charge is 0.495 e. The van der Waals surface area contributed by atoms with Crippen LogP contribution >= 0.6 is 0 Å². The Morgan fingerprint density at radius 3 is 2.20 bits per heavy atom. The van der Waals surface area contributed by atoms with Crippen LogP contribution in [0.15, 0.2) is 60.7 Å². The monoisotopic (exact) mass is 660 g/mol. The van der Waals surface area contributed by atoms with E-state index in [-0.39, 0.29) is 45.4 Å². The van der Waals surface area contributed by atoms with Crippen molar-refractivity contribution in [1.29, 1.82) is 0 Å². The van der Waals surface area contributed by atoms with Gasteiger partial charge in [-0.25, -0.2) is 19.1 Å². The first-order valence-electron chi connectivity index (χ1n) is 17.1. The van der Waals surface area contributed by atoms with E-state index in [0.717, 1.165) is 29.2 Å². The first kappa shape index (κ1) is 34.1. The molecule has 1 aliphatic carbocycles. The van der Waals surface area contributed by atoms with Gasteiger partial charge in [0.1, 0.15) is 22.7 Å². The Bertz CT molecular complexity index is 2040. The van der Waals surface area contributed by atoms with Crippen LogP contribution in [0.5, 0.6) is 17.4 Å². The Morgan fingerprint density at radius 1 is 0.980 bits per heavy atom. The van der Waals surface area contributed by atoms with E-state index in [1.54, 1.807) is 11.6 Å². The number of nitrogens with zero attached hydrogens (tertiary/aromatic N) is 3. The van der Waals surface area contributed by atoms with Crippen molar-refractivity contribution in [2.45, 2.75) is 80.8 Å². The number of ether oxygens (including phenoxy) is 3. The molecule has 0 aliphatic heterocycles. The van der Waals surface area contributed by atoms with E-state index in [1.807, 2.05) is 67.6 Å². The van der Waals surface area contributed by atoms with Gasteiger partial charge in [-0.2, -0.15) is 0 Å². The molecule has 0 spiro atoms. The average Bonchev–Trinajstić information content (AvgIpc) is 3.58. The number of hydrogen-bond donors (Lipinski definition) is 1. The minimum Gasteiger partial charge on any atom is -0.495 e. The van der Waals surface area contributed by atoms with Crippen LogP contribution in [-0.2, 0) is 4.74 Å². The Morgan fingerprint density at radius 2 is 1.61 bits per heavy atom. The molecule has 49 heavy (non-hydrogen) atoms. The maximum atomic E-state index is 14.8. The van der Waals surface area contributed by atoms with Gasteiger partial charge < -0.3 is 14.2 Å². The predicted octanol–water partition coefficient (Wildman–Crippen LogP) is 10.8. The third kappa shape index (κ3) is 6.05. The van der Waals surface area contributed by atoms with Crippen molar-refractivity contribution < 1.29 is 19.0 Å². The normalized spacial score (nSPS) is 21.4. The summed E-state index contributed by atoms with van der Waals surface area (Å²) in [6.07, 6.45) is 1.88. The van der Waals surface area contributed by atoms with Gasteiger partial charge in [-0.3, -0.25) is 5.10 Å². The van der Waals surface area contributed by atoms with E-state index in [0.29, 0.717) is 28.8 Å². The van der Waals surface area contributed by atoms with Crippen LogP contribution in [0.3, 0.4) is 0 Å². The number of aromatic nitrogens is 3. The molecule has 3 aromatic carbocycles. The predicted molar refractivity (Wildman–Crippen MR) is 195 cm³/mol. The number of nitrogens with one attached hydrogen (secondary N) is 1. The van der Waals surface area contributed by atoms with E-state index >= 15 is 0 Å². The highest BCUT2D eigenvalue weighted by Crippen LogP contribution is 2.56. The van der Waals surface area contributed by atoms with Gasteiger partial charge in [-0.05, 0) is 67.0 Å². The quantitative estimate of drug-likeness (QED) is 0.145. The molecule has 2 atom stereocenters. The first-order valence-corrected chi connectivity index (χ1v) is 17.1. The molecule has 6 rings (SSSR count). The van der Waals surface area contributed by atoms with Crippen LogP contribution < -0.4 is 9.47 Å². The topological polar surface area (TPSA) is 82.2 Å². The van der Waals surface area contributed by atoms with Crippen molar-refractivity contribution in [3.63, 3.8) is 0 Å². The molecule has 2 heterocycles. The minimum absolute atomic E-state index is 0.0498. The zero-order valence-electron chi connectivity index (χ0n) is 30.4. The van der Waals surface area contributed by atoms with Gasteiger partial charge in [0.15, 0.2) is 11.5 Å². The van der Waals surface area contributed by atoms with E-state index in [1.165, 1.54) is 0 Å². The second kappa shape index (κ2) is 12.3. The molecule has 2 aromatic heterocycles. The fourth-order valence-corrected chi connectivity index (χ4v) is 8.28. The highest BCUT2D eigenvalue weighted by Gasteiger charge is 2.56. The summed E-state index contributed by atoms with van der Waals surface area (Å²) in [6, 6.07) is 19.5. The molecule has 5 aromatic rings. The summed E-state index contributed by atoms with van der Waals surface area (Å²) in [5, 5.41) is 5.30. The highest BCUT2D eigenvalue weighted by molar-refractivity contribution is 6.05. The van der Waals surface area contributed by atoms with Crippen LogP contribution in [-0.4, -0.2) is 33.3 Å². The standard InChI is InChI=1S/C41H48N4O4/c1-24-16-19-27(20-17-24)48-37-33(42-10)32(38(46)49-41(9)30(39(3,4)5)22-25(2)23-31(41)40(6,7)8)36-43-35(44-45(36)37)29-21-18-26-14-12-13-15-28(26)34(29)47-11/h12-21,25,30-31H,22-23H2,1-9,11H3,(H,43,44). The number of methoxy groups -OCH3 is 1. The summed E-state index contributed by atoms with van der Waals surface area (Å²) >= 11 is 0. The molecule has 1 aliphatic rings. The molecule has 2 unspecified atom stereocenters. The molecular weight excluding hydrogens is 612 g/mol. The Labute approximate surface area is 289 Å². The second-order valence-electron chi connectivity index (χ2n) is 16.1. The van der Waals surface area contributed by atoms with Gasteiger partial charge >= 0.3 is 5.97 Å². The molecule has 0 amide bonds. The third-order valence-corrected chi connectivity index (χ3v) is 10.5. The number of rotatable bonds is 6. The maximum absolute atomic E-state index is 14.8. The van der Waals surface area contributed by atoms with Crippen molar-refractivity contribution in [3.8, 4) is 28.8 Å². The molecule has 1 saturated carbocycles. The first-order chi connectivity index (χ1) is 23.1. The van der Waals surface area contributed by atoms with Crippen molar-refractivity contribution >= 4 is 28.1 Å². The zero-order valence-corrected chi connectivity index (χ0v) is 30.4. The zero-order chi connectivity index (χ0) is 35.5. The lowest BCUT2D eigenvalue weighted by atomic mass is 9.53. The molecule has 8 nitrogen and oxygen atoms in total. The number of carbonyl (C=O) groups is 1. The number of benzene rings is 3. The molecule has 0 bridgehead atoms. The number of fused-ring (bicyclic) bond motifs is 2. The number of aromatic amines is 1. The number of hydrogen-bond acceptors (Lipinski definition) is 5. The average molecular weight is 661 g/mol. The van der Waals surface area contributed by atoms with Crippen LogP contribution in [0.1, 0.15) is 84.2 Å². The van der Waals surface area contributed by atoms with Gasteiger partial charge in [0, 0.05) is 17.2 Å². The smallest absolute Gasteiger partial charge is 0.332 e. The van der Waals surface area contributed by atoms with Crippen molar-refractivity contribution in [2.24, 2.45) is 28.6 Å². The molecule has 256 valence electrons. The van der Waals surface area contributed by atoms with Gasteiger partial charge in [-0.1, -0.05) is 96.5 Å².